The van der Waals surface area contributed by atoms with Crippen LogP contribution >= 0.6 is 0 Å². The minimum Gasteiger partial charge on any atom is -0.399 e. The zero-order valence-corrected chi connectivity index (χ0v) is 19.2. The summed E-state index contributed by atoms with van der Waals surface area (Å²) in [6.45, 7) is 10.9. The number of hydrogen-bond donors (Lipinski definition) is 2. The van der Waals surface area contributed by atoms with Gasteiger partial charge in [0.05, 0.1) is 11.9 Å². The Hall–Kier alpha value is -2.87. The molecule has 0 unspecified atom stereocenters. The number of benzene rings is 1. The summed E-state index contributed by atoms with van der Waals surface area (Å²) < 4.78 is 12.3. The highest BCUT2D eigenvalue weighted by atomic mass is 19.1. The number of aliphatic imine (C=N–C) groups is 1. The third-order valence-corrected chi connectivity index (χ3v) is 3.58. The molecule has 8 heteroatoms. The van der Waals surface area contributed by atoms with E-state index < -0.39 is 0 Å². The second kappa shape index (κ2) is 15.0. The summed E-state index contributed by atoms with van der Waals surface area (Å²) in [6, 6.07) is 4.32. The molecule has 0 bridgehead atoms. The zero-order valence-electron chi connectivity index (χ0n) is 19.2. The summed E-state index contributed by atoms with van der Waals surface area (Å²) >= 11 is 0. The average Bonchev–Trinajstić information content (AvgIpc) is 2.67. The van der Waals surface area contributed by atoms with Crippen LogP contribution in [-0.2, 0) is 4.79 Å². The fourth-order valence-electron chi connectivity index (χ4n) is 1.88. The summed E-state index contributed by atoms with van der Waals surface area (Å²) in [4.78, 5) is 25.9. The number of nitrogens with two attached hydrogens (primary N) is 1. The standard InChI is InChI=1S/C12H19N5O.C7H8FN.C3H8/c1-9-11(7-13-8-15-9)16-10(2)12(18)14-5-6-17(3)4;1-5-4-6(8)2-3-7(5)9;1-3-2/h7-8H,5-6H2,1-4H3,(H,14,18);2-4H,9H2,1H3;3H2,1-2H3. The first-order valence-electron chi connectivity index (χ1n) is 9.88. The predicted molar refractivity (Wildman–Crippen MR) is 123 cm³/mol. The van der Waals surface area contributed by atoms with E-state index in [2.05, 4.69) is 34.1 Å². The first-order valence-corrected chi connectivity index (χ1v) is 9.88. The SMILES string of the molecule is CC(=Nc1cncnc1C)C(=O)NCCN(C)C.CCC.Cc1cc(F)ccc1N. The maximum absolute atomic E-state index is 12.3. The molecule has 1 amide bonds. The van der Waals surface area contributed by atoms with Gasteiger partial charge in [-0.3, -0.25) is 4.79 Å². The van der Waals surface area contributed by atoms with Gasteiger partial charge < -0.3 is 16.0 Å². The number of halogens is 1. The van der Waals surface area contributed by atoms with Gasteiger partial charge >= 0.3 is 0 Å². The van der Waals surface area contributed by atoms with Crippen molar-refractivity contribution in [3.8, 4) is 0 Å². The lowest BCUT2D eigenvalue weighted by molar-refractivity contribution is -0.114. The number of anilines is 1. The first-order chi connectivity index (χ1) is 14.1. The Morgan fingerprint density at radius 1 is 1.27 bits per heavy atom. The van der Waals surface area contributed by atoms with Crippen molar-refractivity contribution in [2.24, 2.45) is 4.99 Å². The number of amides is 1. The van der Waals surface area contributed by atoms with Gasteiger partial charge in [-0.25, -0.2) is 19.4 Å². The quantitative estimate of drug-likeness (QED) is 0.570. The normalized spacial score (nSPS) is 10.5. The molecule has 0 aliphatic heterocycles. The van der Waals surface area contributed by atoms with Crippen molar-refractivity contribution < 1.29 is 9.18 Å². The van der Waals surface area contributed by atoms with Crippen LogP contribution in [0.3, 0.4) is 0 Å². The molecule has 1 heterocycles. The number of rotatable bonds is 5. The van der Waals surface area contributed by atoms with E-state index in [1.807, 2.05) is 25.9 Å². The third-order valence-electron chi connectivity index (χ3n) is 3.58. The minimum atomic E-state index is -0.235. The molecule has 0 spiro atoms. The topological polar surface area (TPSA) is 96.5 Å². The van der Waals surface area contributed by atoms with E-state index in [9.17, 15) is 9.18 Å². The molecule has 3 N–H and O–H groups in total. The Bertz CT molecular complexity index is 808. The molecule has 0 fully saturated rings. The van der Waals surface area contributed by atoms with E-state index in [0.717, 1.165) is 17.8 Å². The van der Waals surface area contributed by atoms with E-state index in [1.165, 1.54) is 24.9 Å². The number of aryl methyl sites for hydroxylation is 2. The monoisotopic (exact) mass is 418 g/mol. The number of nitrogens with one attached hydrogen (secondary N) is 1. The molecule has 30 heavy (non-hydrogen) atoms. The van der Waals surface area contributed by atoms with Crippen molar-refractivity contribution in [2.75, 3.05) is 32.9 Å². The van der Waals surface area contributed by atoms with Crippen LogP contribution in [0.4, 0.5) is 15.8 Å². The third kappa shape index (κ3) is 11.9. The zero-order chi connectivity index (χ0) is 23.1. The van der Waals surface area contributed by atoms with Gasteiger partial charge in [0, 0.05) is 18.8 Å². The van der Waals surface area contributed by atoms with Crippen molar-refractivity contribution in [3.05, 3.63) is 47.8 Å². The van der Waals surface area contributed by atoms with Crippen LogP contribution in [0.2, 0.25) is 0 Å². The average molecular weight is 419 g/mol. The molecule has 2 aromatic rings. The number of carbonyl (C=O) groups is 1. The molecule has 0 radical (unpaired) electrons. The van der Waals surface area contributed by atoms with Crippen LogP contribution in [0.25, 0.3) is 0 Å². The molecular weight excluding hydrogens is 383 g/mol. The second-order valence-corrected chi connectivity index (χ2v) is 6.96. The minimum absolute atomic E-state index is 0.167. The molecule has 0 aliphatic carbocycles. The van der Waals surface area contributed by atoms with Crippen molar-refractivity contribution in [3.63, 3.8) is 0 Å². The number of carbonyl (C=O) groups excluding carboxylic acids is 1. The second-order valence-electron chi connectivity index (χ2n) is 6.96. The van der Waals surface area contributed by atoms with Crippen LogP contribution in [0.15, 0.2) is 35.7 Å². The number of aromatic nitrogens is 2. The molecule has 0 atom stereocenters. The molecule has 1 aromatic heterocycles. The molecular formula is C22H35FN6O. The summed E-state index contributed by atoms with van der Waals surface area (Å²) in [6.07, 6.45) is 4.31. The van der Waals surface area contributed by atoms with E-state index in [0.29, 0.717) is 23.6 Å². The van der Waals surface area contributed by atoms with Gasteiger partial charge in [-0.15, -0.1) is 0 Å². The number of likely N-dealkylation sites (N-methyl/N-ethyl adjacent to an activating group) is 1. The fourth-order valence-corrected chi connectivity index (χ4v) is 1.88. The Kier molecular flexibility index (Phi) is 13.6. The summed E-state index contributed by atoms with van der Waals surface area (Å²) in [5.41, 5.74) is 8.63. The highest BCUT2D eigenvalue weighted by Crippen LogP contribution is 2.13. The smallest absolute Gasteiger partial charge is 0.265 e. The van der Waals surface area contributed by atoms with Gasteiger partial charge in [0.1, 0.15) is 23.5 Å². The summed E-state index contributed by atoms with van der Waals surface area (Å²) in [5, 5.41) is 2.80. The maximum Gasteiger partial charge on any atom is 0.265 e. The number of nitrogens with zero attached hydrogens (tertiary/aromatic N) is 4. The van der Waals surface area contributed by atoms with E-state index >= 15 is 0 Å². The number of nitrogen functional groups attached to an aromatic ring is 1. The highest BCUT2D eigenvalue weighted by molar-refractivity contribution is 6.38. The molecule has 7 nitrogen and oxygen atoms in total. The van der Waals surface area contributed by atoms with Crippen molar-refractivity contribution >= 4 is 23.0 Å². The van der Waals surface area contributed by atoms with Crippen LogP contribution in [0, 0.1) is 19.7 Å². The Balaban J connectivity index is 0.000000581. The Morgan fingerprint density at radius 2 is 1.90 bits per heavy atom. The van der Waals surface area contributed by atoms with Crippen LogP contribution in [0.5, 0.6) is 0 Å². The summed E-state index contributed by atoms with van der Waals surface area (Å²) in [7, 11) is 3.91. The molecule has 0 saturated carbocycles. The Labute approximate surface area is 179 Å². The summed E-state index contributed by atoms with van der Waals surface area (Å²) in [5.74, 6) is -0.401. The maximum atomic E-state index is 12.3. The van der Waals surface area contributed by atoms with Crippen molar-refractivity contribution in [1.29, 1.82) is 0 Å². The van der Waals surface area contributed by atoms with Gasteiger partial charge in [-0.1, -0.05) is 20.3 Å². The lowest BCUT2D eigenvalue weighted by Crippen LogP contribution is -2.34. The number of hydrogen-bond acceptors (Lipinski definition) is 6. The molecule has 1 aromatic carbocycles. The van der Waals surface area contributed by atoms with E-state index in [-0.39, 0.29) is 11.7 Å². The van der Waals surface area contributed by atoms with Gasteiger partial charge in [0.15, 0.2) is 0 Å². The van der Waals surface area contributed by atoms with Crippen LogP contribution in [-0.4, -0.2) is 53.7 Å². The van der Waals surface area contributed by atoms with Gasteiger partial charge in [-0.05, 0) is 58.6 Å². The predicted octanol–water partition coefficient (Wildman–Crippen LogP) is 3.69. The molecule has 2 rings (SSSR count). The lowest BCUT2D eigenvalue weighted by Gasteiger charge is -2.10. The van der Waals surface area contributed by atoms with Crippen LogP contribution < -0.4 is 11.1 Å². The van der Waals surface area contributed by atoms with Gasteiger partial charge in [0.25, 0.3) is 5.91 Å². The van der Waals surface area contributed by atoms with Crippen molar-refractivity contribution in [1.82, 2.24) is 20.2 Å². The van der Waals surface area contributed by atoms with Gasteiger partial charge in [-0.2, -0.15) is 0 Å². The van der Waals surface area contributed by atoms with E-state index in [1.54, 1.807) is 26.1 Å². The molecule has 0 saturated heterocycles. The fraction of sp³-hybridized carbons (Fsp3) is 0.455. The molecule has 166 valence electrons. The van der Waals surface area contributed by atoms with Gasteiger partial charge in [0.2, 0.25) is 0 Å². The molecule has 0 aliphatic rings. The largest absolute Gasteiger partial charge is 0.399 e. The lowest BCUT2D eigenvalue weighted by atomic mass is 10.2. The highest BCUT2D eigenvalue weighted by Gasteiger charge is 2.06. The van der Waals surface area contributed by atoms with Crippen LogP contribution in [0.1, 0.15) is 38.4 Å². The van der Waals surface area contributed by atoms with E-state index in [4.69, 9.17) is 5.73 Å². The first kappa shape index (κ1) is 27.1. The Morgan fingerprint density at radius 3 is 2.40 bits per heavy atom. The van der Waals surface area contributed by atoms with Crippen molar-refractivity contribution in [2.45, 2.75) is 41.0 Å².